The number of nitrogens with one attached hydrogen (secondary N) is 1. The van der Waals surface area contributed by atoms with E-state index in [2.05, 4.69) is 5.32 Å². The average molecular weight is 361 g/mol. The van der Waals surface area contributed by atoms with E-state index in [1.165, 1.54) is 0 Å². The highest BCUT2D eigenvalue weighted by Gasteiger charge is 2.35. The predicted molar refractivity (Wildman–Crippen MR) is 74.5 cm³/mol. The second-order valence-corrected chi connectivity index (χ2v) is 7.85. The van der Waals surface area contributed by atoms with Crippen molar-refractivity contribution >= 4 is 48.8 Å². The smallest absolute Gasteiger partial charge is 0.264 e. The van der Waals surface area contributed by atoms with Crippen LogP contribution in [0.1, 0.15) is 23.7 Å². The van der Waals surface area contributed by atoms with Crippen molar-refractivity contribution in [3.63, 3.8) is 0 Å². The quantitative estimate of drug-likeness (QED) is 0.665. The molecule has 1 N–H and O–H groups in total. The molecule has 1 aliphatic rings. The van der Waals surface area contributed by atoms with Gasteiger partial charge in [0.2, 0.25) is 0 Å². The molecule has 1 aliphatic carbocycles. The summed E-state index contributed by atoms with van der Waals surface area (Å²) in [5.74, 6) is -1.42. The Hall–Kier alpha value is -0.560. The van der Waals surface area contributed by atoms with Gasteiger partial charge in [-0.05, 0) is 18.4 Å². The van der Waals surface area contributed by atoms with Gasteiger partial charge in [0, 0.05) is 16.7 Å². The summed E-state index contributed by atoms with van der Waals surface area (Å²) in [5.41, 5.74) is -0.313. The molecule has 0 aromatic heterocycles. The Kier molecular flexibility index (Phi) is 4.22. The number of hydrogen-bond acceptors (Lipinski definition) is 3. The van der Waals surface area contributed by atoms with Gasteiger partial charge in [-0.15, -0.1) is 0 Å². The summed E-state index contributed by atoms with van der Waals surface area (Å²) in [5, 5.41) is 1.39. The molecule has 4 nitrogen and oxygen atoms in total. The van der Waals surface area contributed by atoms with Gasteiger partial charge in [0.25, 0.3) is 15.0 Å². The molecule has 0 saturated heterocycles. The summed E-state index contributed by atoms with van der Waals surface area (Å²) in [6, 6.07) is 0.770. The van der Waals surface area contributed by atoms with Crippen molar-refractivity contribution in [1.29, 1.82) is 0 Å². The topological polar surface area (TPSA) is 63.2 Å². The standard InChI is InChI=1S/C11H9Cl3FNO3S/c1-4-2-7(4)16-11(17)5-3-6(15)9(13)10(8(5)12)20(14,18)19/h3-4,7H,2H2,1H3,(H,16,17). The lowest BCUT2D eigenvalue weighted by molar-refractivity contribution is 0.0949. The van der Waals surface area contributed by atoms with Gasteiger partial charge in [-0.1, -0.05) is 30.1 Å². The highest BCUT2D eigenvalue weighted by Crippen LogP contribution is 2.37. The molecule has 0 heterocycles. The molecule has 9 heteroatoms. The zero-order chi connectivity index (χ0) is 15.2. The van der Waals surface area contributed by atoms with E-state index in [1.807, 2.05) is 6.92 Å². The maximum absolute atomic E-state index is 13.6. The van der Waals surface area contributed by atoms with E-state index in [0.29, 0.717) is 5.92 Å². The van der Waals surface area contributed by atoms with E-state index in [-0.39, 0.29) is 11.6 Å². The number of carbonyl (C=O) groups is 1. The Balaban J connectivity index is 2.49. The van der Waals surface area contributed by atoms with Crippen LogP contribution in [0.5, 0.6) is 0 Å². The molecular formula is C11H9Cl3FNO3S. The molecule has 1 saturated carbocycles. The first-order chi connectivity index (χ1) is 9.12. The maximum atomic E-state index is 13.6. The van der Waals surface area contributed by atoms with Crippen molar-refractivity contribution in [3.05, 3.63) is 27.5 Å². The Labute approximate surface area is 129 Å². The molecule has 2 atom stereocenters. The molecule has 2 rings (SSSR count). The number of benzene rings is 1. The van der Waals surface area contributed by atoms with Gasteiger partial charge in [0.05, 0.1) is 15.6 Å². The van der Waals surface area contributed by atoms with Gasteiger partial charge in [-0.2, -0.15) is 0 Å². The van der Waals surface area contributed by atoms with Crippen LogP contribution in [0.25, 0.3) is 0 Å². The zero-order valence-electron chi connectivity index (χ0n) is 10.1. The van der Waals surface area contributed by atoms with Gasteiger partial charge in [-0.25, -0.2) is 12.8 Å². The lowest BCUT2D eigenvalue weighted by atomic mass is 10.2. The molecule has 0 aliphatic heterocycles. The minimum absolute atomic E-state index is 0.0200. The van der Waals surface area contributed by atoms with Crippen LogP contribution in [0.2, 0.25) is 10.0 Å². The van der Waals surface area contributed by atoms with Crippen LogP contribution < -0.4 is 5.32 Å². The monoisotopic (exact) mass is 359 g/mol. The lowest BCUT2D eigenvalue weighted by Crippen LogP contribution is -2.27. The van der Waals surface area contributed by atoms with Gasteiger partial charge >= 0.3 is 0 Å². The van der Waals surface area contributed by atoms with Crippen LogP contribution in [0, 0.1) is 11.7 Å². The first-order valence-corrected chi connectivity index (χ1v) is 8.62. The molecule has 110 valence electrons. The highest BCUT2D eigenvalue weighted by molar-refractivity contribution is 8.14. The third-order valence-electron chi connectivity index (χ3n) is 3.03. The summed E-state index contributed by atoms with van der Waals surface area (Å²) in [6.45, 7) is 1.93. The largest absolute Gasteiger partial charge is 0.349 e. The predicted octanol–water partition coefficient (Wildman–Crippen LogP) is 3.20. The Bertz CT molecular complexity index is 693. The number of hydrogen-bond donors (Lipinski definition) is 1. The van der Waals surface area contributed by atoms with Crippen molar-refractivity contribution in [2.75, 3.05) is 0 Å². The Morgan fingerprint density at radius 3 is 2.40 bits per heavy atom. The molecule has 1 aromatic rings. The summed E-state index contributed by atoms with van der Waals surface area (Å²) >= 11 is 11.4. The molecule has 0 spiro atoms. The number of carbonyl (C=O) groups excluding carboxylic acids is 1. The second kappa shape index (κ2) is 5.33. The fourth-order valence-electron chi connectivity index (χ4n) is 1.73. The van der Waals surface area contributed by atoms with Gasteiger partial charge in [0.1, 0.15) is 10.7 Å². The number of amides is 1. The third kappa shape index (κ3) is 3.03. The Morgan fingerprint density at radius 1 is 1.40 bits per heavy atom. The summed E-state index contributed by atoms with van der Waals surface area (Å²) < 4.78 is 36.4. The third-order valence-corrected chi connectivity index (χ3v) is 5.38. The van der Waals surface area contributed by atoms with E-state index >= 15 is 0 Å². The Morgan fingerprint density at radius 2 is 1.95 bits per heavy atom. The van der Waals surface area contributed by atoms with E-state index in [9.17, 15) is 17.6 Å². The SMILES string of the molecule is CC1CC1NC(=O)c1cc(F)c(Cl)c(S(=O)(=O)Cl)c1Cl. The molecule has 0 bridgehead atoms. The summed E-state index contributed by atoms with van der Waals surface area (Å²) in [7, 11) is 0.786. The van der Waals surface area contributed by atoms with E-state index in [0.717, 1.165) is 12.5 Å². The highest BCUT2D eigenvalue weighted by atomic mass is 35.7. The molecule has 1 fully saturated rings. The first-order valence-electron chi connectivity index (χ1n) is 5.56. The fraction of sp³-hybridized carbons (Fsp3) is 0.364. The normalized spacial score (nSPS) is 21.6. The molecular weight excluding hydrogens is 352 g/mol. The lowest BCUT2D eigenvalue weighted by Gasteiger charge is -2.10. The molecule has 1 aromatic carbocycles. The average Bonchev–Trinajstić information content (AvgIpc) is 2.97. The van der Waals surface area contributed by atoms with E-state index in [4.69, 9.17) is 33.9 Å². The zero-order valence-corrected chi connectivity index (χ0v) is 13.2. The summed E-state index contributed by atoms with van der Waals surface area (Å²) in [6.07, 6.45) is 0.806. The van der Waals surface area contributed by atoms with Crippen LogP contribution in [-0.2, 0) is 9.05 Å². The number of rotatable bonds is 3. The van der Waals surface area contributed by atoms with Crippen molar-refractivity contribution in [2.45, 2.75) is 24.3 Å². The van der Waals surface area contributed by atoms with Crippen molar-refractivity contribution < 1.29 is 17.6 Å². The summed E-state index contributed by atoms with van der Waals surface area (Å²) in [4.78, 5) is 11.2. The molecule has 1 amide bonds. The molecule has 0 radical (unpaired) electrons. The van der Waals surface area contributed by atoms with Crippen molar-refractivity contribution in [3.8, 4) is 0 Å². The van der Waals surface area contributed by atoms with Crippen LogP contribution in [-0.4, -0.2) is 20.4 Å². The van der Waals surface area contributed by atoms with Gasteiger partial charge in [-0.3, -0.25) is 4.79 Å². The maximum Gasteiger partial charge on any atom is 0.264 e. The molecule has 20 heavy (non-hydrogen) atoms. The first kappa shape index (κ1) is 15.8. The van der Waals surface area contributed by atoms with E-state index in [1.54, 1.807) is 0 Å². The minimum Gasteiger partial charge on any atom is -0.349 e. The van der Waals surface area contributed by atoms with E-state index < -0.39 is 35.7 Å². The van der Waals surface area contributed by atoms with Crippen molar-refractivity contribution in [1.82, 2.24) is 5.32 Å². The van der Waals surface area contributed by atoms with Crippen molar-refractivity contribution in [2.24, 2.45) is 5.92 Å². The number of halogens is 4. The van der Waals surface area contributed by atoms with Gasteiger partial charge < -0.3 is 5.32 Å². The molecule has 2 unspecified atom stereocenters. The van der Waals surface area contributed by atoms with Crippen LogP contribution in [0.4, 0.5) is 4.39 Å². The second-order valence-electron chi connectivity index (χ2n) is 4.59. The fourth-order valence-corrected chi connectivity index (χ4v) is 4.11. The minimum atomic E-state index is -4.38. The van der Waals surface area contributed by atoms with Crippen LogP contribution in [0.15, 0.2) is 11.0 Å². The van der Waals surface area contributed by atoms with Gasteiger partial charge in [0.15, 0.2) is 0 Å². The van der Waals surface area contributed by atoms with Crippen LogP contribution >= 0.6 is 33.9 Å². The van der Waals surface area contributed by atoms with Crippen LogP contribution in [0.3, 0.4) is 0 Å².